The van der Waals surface area contributed by atoms with Gasteiger partial charge in [0.15, 0.2) is 23.9 Å². The first-order chi connectivity index (χ1) is 22.2. The summed E-state index contributed by atoms with van der Waals surface area (Å²) in [4.78, 5) is 0. The standard InChI is InChI=1S/C43H70N4O2/c1-30-24-32(31(20-18-22-46(12,13)14)21-19-23-47(15,16)17)25-33-28-44-41(8,9)42(10,11)45-29-34-26-35(39(2,3)4)27-36(40(5,6)7)38(34)49-43(44,45)48-37(30)33/h24-29,31H,18-23H2,1-17H3/q+4. The Morgan fingerprint density at radius 3 is 1.57 bits per heavy atom. The lowest BCUT2D eigenvalue weighted by Crippen LogP contribution is -2.61. The summed E-state index contributed by atoms with van der Waals surface area (Å²) in [6, 6.07) is 8.41. The van der Waals surface area contributed by atoms with Crippen LogP contribution in [-0.4, -0.2) is 103 Å². The fourth-order valence-electron chi connectivity index (χ4n) is 7.91. The van der Waals surface area contributed by atoms with Crippen molar-refractivity contribution in [1.29, 1.82) is 0 Å². The van der Waals surface area contributed by atoms with Crippen LogP contribution in [0.2, 0.25) is 0 Å². The zero-order chi connectivity index (χ0) is 36.8. The van der Waals surface area contributed by atoms with Crippen LogP contribution >= 0.6 is 0 Å². The molecule has 1 unspecified atom stereocenters. The summed E-state index contributed by atoms with van der Waals surface area (Å²) in [5.41, 5.74) is 6.73. The SMILES string of the molecule is Cc1cc(C(CCC[N+](C)(C)C)CCC[N+](C)(C)C)cc2c1OC13Oc4c(cc(C(C)(C)C)cc4C(C)(C)C)C=[N+]1C(C)(C)C(C)(C)[N+]3=C2. The molecule has 6 heteroatoms. The molecule has 0 aliphatic carbocycles. The predicted molar refractivity (Wildman–Crippen MR) is 205 cm³/mol. The Balaban J connectivity index is 1.64. The maximum atomic E-state index is 7.37. The van der Waals surface area contributed by atoms with Gasteiger partial charge in [0.25, 0.3) is 0 Å². The molecule has 3 aliphatic heterocycles. The van der Waals surface area contributed by atoms with Gasteiger partial charge in [-0.3, -0.25) is 0 Å². The highest BCUT2D eigenvalue weighted by Crippen LogP contribution is 2.52. The van der Waals surface area contributed by atoms with Gasteiger partial charge in [-0.1, -0.05) is 62.8 Å². The molecule has 3 heterocycles. The van der Waals surface area contributed by atoms with Crippen LogP contribution in [0.25, 0.3) is 0 Å². The van der Waals surface area contributed by atoms with Gasteiger partial charge < -0.3 is 18.4 Å². The van der Waals surface area contributed by atoms with E-state index in [4.69, 9.17) is 9.47 Å². The molecular formula is C43H70N4O2+4. The van der Waals surface area contributed by atoms with Gasteiger partial charge in [-0.25, -0.2) is 0 Å². The van der Waals surface area contributed by atoms with Crippen LogP contribution in [0.3, 0.4) is 0 Å². The lowest BCUT2D eigenvalue weighted by molar-refractivity contribution is -0.875. The fraction of sp³-hybridized carbons (Fsp3) is 0.674. The quantitative estimate of drug-likeness (QED) is 0.198. The summed E-state index contributed by atoms with van der Waals surface area (Å²) in [7, 11) is 13.8. The highest BCUT2D eigenvalue weighted by molar-refractivity contribution is 5.85. The maximum Gasteiger partial charge on any atom is 0.705 e. The molecule has 49 heavy (non-hydrogen) atoms. The summed E-state index contributed by atoms with van der Waals surface area (Å²) in [6.45, 7) is 27.7. The van der Waals surface area contributed by atoms with Crippen molar-refractivity contribution in [2.45, 2.75) is 136 Å². The molecule has 1 spiro atoms. The van der Waals surface area contributed by atoms with Gasteiger partial charge in [-0.2, -0.15) is 0 Å². The summed E-state index contributed by atoms with van der Waals surface area (Å²) in [5.74, 6) is 2.37. The second-order valence-corrected chi connectivity index (χ2v) is 20.6. The zero-order valence-electron chi connectivity index (χ0n) is 34.4. The van der Waals surface area contributed by atoms with Crippen molar-refractivity contribution in [2.24, 2.45) is 0 Å². The van der Waals surface area contributed by atoms with Gasteiger partial charge in [-0.05, 0) is 78.2 Å². The average Bonchev–Trinajstić information content (AvgIpc) is 3.05. The number of hydrogen-bond acceptors (Lipinski definition) is 2. The molecule has 0 N–H and O–H groups in total. The predicted octanol–water partition coefficient (Wildman–Crippen LogP) is 8.18. The number of fused-ring (bicyclic) bond motifs is 2. The van der Waals surface area contributed by atoms with Crippen LogP contribution in [0, 0.1) is 6.92 Å². The Hall–Kier alpha value is -2.70. The molecule has 5 rings (SSSR count). The first kappa shape index (κ1) is 37.6. The molecule has 2 aromatic rings. The molecule has 0 radical (unpaired) electrons. The molecule has 6 nitrogen and oxygen atoms in total. The van der Waals surface area contributed by atoms with E-state index in [1.807, 2.05) is 0 Å². The van der Waals surface area contributed by atoms with Crippen LogP contribution in [0.5, 0.6) is 11.5 Å². The maximum absolute atomic E-state index is 7.37. The minimum atomic E-state index is -1.13. The van der Waals surface area contributed by atoms with E-state index < -0.39 is 6.03 Å². The first-order valence-electron chi connectivity index (χ1n) is 18.8. The van der Waals surface area contributed by atoms with Crippen LogP contribution < -0.4 is 9.47 Å². The van der Waals surface area contributed by atoms with Gasteiger partial charge in [0, 0.05) is 33.3 Å². The Labute approximate surface area is 299 Å². The Kier molecular flexibility index (Phi) is 9.15. The van der Waals surface area contributed by atoms with Gasteiger partial charge in [0.1, 0.15) is 0 Å². The lowest BCUT2D eigenvalue weighted by atomic mass is 9.78. The summed E-state index contributed by atoms with van der Waals surface area (Å²) in [5, 5.41) is 0. The van der Waals surface area contributed by atoms with E-state index in [-0.39, 0.29) is 21.9 Å². The third-order valence-corrected chi connectivity index (χ3v) is 11.7. The highest BCUT2D eigenvalue weighted by Gasteiger charge is 2.83. The van der Waals surface area contributed by atoms with Crippen LogP contribution in [0.4, 0.5) is 0 Å². The minimum absolute atomic E-state index is 0.0162. The monoisotopic (exact) mass is 675 g/mol. The van der Waals surface area contributed by atoms with Crippen LogP contribution in [0.1, 0.15) is 134 Å². The first-order valence-corrected chi connectivity index (χ1v) is 18.8. The fourth-order valence-corrected chi connectivity index (χ4v) is 7.91. The smallest absolute Gasteiger partial charge is 0.340 e. The molecule has 2 aromatic carbocycles. The molecule has 3 aliphatic rings. The van der Waals surface area contributed by atoms with Crippen molar-refractivity contribution in [3.8, 4) is 11.5 Å². The largest absolute Gasteiger partial charge is 0.705 e. The van der Waals surface area contributed by atoms with Crippen molar-refractivity contribution in [3.05, 3.63) is 57.6 Å². The van der Waals surface area contributed by atoms with Gasteiger partial charge in [0.2, 0.25) is 11.1 Å². The van der Waals surface area contributed by atoms with E-state index in [9.17, 15) is 0 Å². The molecular weight excluding hydrogens is 604 g/mol. The molecule has 0 amide bonds. The normalized spacial score (nSPS) is 21.2. The number of benzene rings is 2. The van der Waals surface area contributed by atoms with Crippen molar-refractivity contribution in [3.63, 3.8) is 0 Å². The second-order valence-electron chi connectivity index (χ2n) is 20.6. The number of aryl methyl sites for hydroxylation is 1. The van der Waals surface area contributed by atoms with Crippen LogP contribution in [-0.2, 0) is 10.8 Å². The van der Waals surface area contributed by atoms with Gasteiger partial charge in [0.05, 0.1) is 66.5 Å². The van der Waals surface area contributed by atoms with E-state index in [1.165, 1.54) is 61.0 Å². The van der Waals surface area contributed by atoms with Crippen molar-refractivity contribution in [1.82, 2.24) is 0 Å². The summed E-state index contributed by atoms with van der Waals surface area (Å²) < 4.78 is 21.4. The highest BCUT2D eigenvalue weighted by atomic mass is 16.7. The van der Waals surface area contributed by atoms with E-state index in [0.717, 1.165) is 31.6 Å². The Morgan fingerprint density at radius 1 is 0.653 bits per heavy atom. The van der Waals surface area contributed by atoms with Gasteiger partial charge in [-0.15, -0.1) is 0 Å². The van der Waals surface area contributed by atoms with E-state index in [2.05, 4.69) is 164 Å². The molecule has 1 atom stereocenters. The van der Waals surface area contributed by atoms with Crippen molar-refractivity contribution >= 4 is 12.4 Å². The molecule has 1 fully saturated rings. The molecule has 1 saturated heterocycles. The van der Waals surface area contributed by atoms with E-state index >= 15 is 0 Å². The number of quaternary nitrogens is 2. The lowest BCUT2D eigenvalue weighted by Gasteiger charge is -2.33. The average molecular weight is 675 g/mol. The van der Waals surface area contributed by atoms with Crippen LogP contribution in [0.15, 0.2) is 24.3 Å². The van der Waals surface area contributed by atoms with Crippen molar-refractivity contribution in [2.75, 3.05) is 55.4 Å². The molecule has 0 aromatic heterocycles. The number of hydrogen-bond donors (Lipinski definition) is 0. The molecule has 0 saturated carbocycles. The van der Waals surface area contributed by atoms with Crippen molar-refractivity contribution < 1.29 is 27.6 Å². The molecule has 270 valence electrons. The third-order valence-electron chi connectivity index (χ3n) is 11.7. The Bertz CT molecular complexity index is 1650. The molecule has 0 bridgehead atoms. The summed E-state index contributed by atoms with van der Waals surface area (Å²) in [6.07, 6.45) is 9.52. The zero-order valence-corrected chi connectivity index (χ0v) is 34.4. The number of nitrogens with zero attached hydrogens (tertiary/aromatic N) is 4. The topological polar surface area (TPSA) is 24.5 Å². The number of ether oxygens (including phenoxy) is 2. The van der Waals surface area contributed by atoms with E-state index in [0.29, 0.717) is 5.92 Å². The van der Waals surface area contributed by atoms with E-state index in [1.54, 1.807) is 0 Å². The Morgan fingerprint density at radius 2 is 1.12 bits per heavy atom. The number of rotatable bonds is 9. The van der Waals surface area contributed by atoms with Gasteiger partial charge >= 0.3 is 6.03 Å². The minimum Gasteiger partial charge on any atom is -0.340 e. The third kappa shape index (κ3) is 6.98. The second kappa shape index (κ2) is 11.9. The summed E-state index contributed by atoms with van der Waals surface area (Å²) >= 11 is 0.